The highest BCUT2D eigenvalue weighted by Crippen LogP contribution is 2.25. The summed E-state index contributed by atoms with van der Waals surface area (Å²) < 4.78 is 0. The topological polar surface area (TPSA) is 24.4 Å². The molecule has 1 aliphatic heterocycles. The van der Waals surface area contributed by atoms with E-state index < -0.39 is 0 Å². The molecule has 3 heteroatoms. The molecule has 0 bridgehead atoms. The summed E-state index contributed by atoms with van der Waals surface area (Å²) >= 11 is 5.11. The van der Waals surface area contributed by atoms with Crippen molar-refractivity contribution in [1.82, 2.24) is 5.43 Å². The lowest BCUT2D eigenvalue weighted by Crippen LogP contribution is -2.06. The number of aryl methyl sites for hydroxylation is 2. The molecule has 0 unspecified atom stereocenters. The summed E-state index contributed by atoms with van der Waals surface area (Å²) in [6, 6.07) is 22.1. The van der Waals surface area contributed by atoms with Gasteiger partial charge in [0.1, 0.15) is 4.99 Å². The van der Waals surface area contributed by atoms with Crippen LogP contribution in [-0.4, -0.2) is 10.7 Å². The van der Waals surface area contributed by atoms with Crippen LogP contribution in [0.25, 0.3) is 21.9 Å². The summed E-state index contributed by atoms with van der Waals surface area (Å²) in [4.78, 5) is 0.830. The van der Waals surface area contributed by atoms with E-state index in [-0.39, 0.29) is 0 Å². The quantitative estimate of drug-likeness (QED) is 0.639. The molecular formula is C22H20N2S. The average Bonchev–Trinajstić information content (AvgIpc) is 3.05. The lowest BCUT2D eigenvalue weighted by molar-refractivity contribution is 1.00. The van der Waals surface area contributed by atoms with E-state index in [0.29, 0.717) is 0 Å². The molecule has 1 aliphatic rings. The molecule has 3 aromatic carbocycles. The first-order valence-corrected chi connectivity index (χ1v) is 9.02. The van der Waals surface area contributed by atoms with Crippen molar-refractivity contribution in [3.8, 4) is 11.1 Å². The molecule has 0 saturated carbocycles. The molecule has 0 atom stereocenters. The number of nitrogens with zero attached hydrogens (tertiary/aromatic N) is 1. The fraction of sp³-hybridized carbons (Fsp3) is 0.182. The Morgan fingerprint density at radius 1 is 0.880 bits per heavy atom. The summed E-state index contributed by atoms with van der Waals surface area (Å²) in [5.74, 6) is 0. The number of benzene rings is 3. The van der Waals surface area contributed by atoms with E-state index in [2.05, 4.69) is 78.1 Å². The van der Waals surface area contributed by atoms with Gasteiger partial charge in [0.25, 0.3) is 0 Å². The largest absolute Gasteiger partial charge is 0.271 e. The van der Waals surface area contributed by atoms with Gasteiger partial charge in [-0.05, 0) is 53.3 Å². The van der Waals surface area contributed by atoms with E-state index in [4.69, 9.17) is 12.2 Å². The van der Waals surface area contributed by atoms with Crippen molar-refractivity contribution in [2.75, 3.05) is 0 Å². The third kappa shape index (κ3) is 3.62. The smallest absolute Gasteiger partial charge is 0.102 e. The number of hydrogen-bond acceptors (Lipinski definition) is 2. The summed E-state index contributed by atoms with van der Waals surface area (Å²) in [5, 5.41) is 6.84. The van der Waals surface area contributed by atoms with Gasteiger partial charge < -0.3 is 0 Å². The van der Waals surface area contributed by atoms with Crippen molar-refractivity contribution < 1.29 is 0 Å². The van der Waals surface area contributed by atoms with Gasteiger partial charge in [-0.2, -0.15) is 5.10 Å². The third-order valence-electron chi connectivity index (χ3n) is 4.69. The molecule has 2 nitrogen and oxygen atoms in total. The van der Waals surface area contributed by atoms with Crippen LogP contribution in [0.3, 0.4) is 0 Å². The molecule has 1 heterocycles. The Kier molecular flexibility index (Phi) is 4.33. The van der Waals surface area contributed by atoms with Crippen molar-refractivity contribution in [2.24, 2.45) is 5.10 Å². The van der Waals surface area contributed by atoms with E-state index in [1.807, 2.05) is 0 Å². The summed E-state index contributed by atoms with van der Waals surface area (Å²) in [5.41, 5.74) is 9.18. The van der Waals surface area contributed by atoms with Gasteiger partial charge in [0.2, 0.25) is 0 Å². The average molecular weight is 344 g/mol. The van der Waals surface area contributed by atoms with Gasteiger partial charge in [-0.15, -0.1) is 0 Å². The fourth-order valence-corrected chi connectivity index (χ4v) is 3.46. The molecule has 25 heavy (non-hydrogen) atoms. The van der Waals surface area contributed by atoms with Crippen LogP contribution in [0.4, 0.5) is 0 Å². The Morgan fingerprint density at radius 3 is 2.36 bits per heavy atom. The van der Waals surface area contributed by atoms with E-state index in [9.17, 15) is 0 Å². The van der Waals surface area contributed by atoms with Crippen molar-refractivity contribution in [2.45, 2.75) is 26.2 Å². The van der Waals surface area contributed by atoms with Gasteiger partial charge in [0.05, 0.1) is 0 Å². The van der Waals surface area contributed by atoms with Crippen LogP contribution in [0.1, 0.15) is 24.0 Å². The van der Waals surface area contributed by atoms with Gasteiger partial charge in [-0.25, -0.2) is 0 Å². The van der Waals surface area contributed by atoms with Gasteiger partial charge in [-0.3, -0.25) is 5.43 Å². The molecule has 0 saturated heterocycles. The monoisotopic (exact) mass is 344 g/mol. The predicted octanol–water partition coefficient (Wildman–Crippen LogP) is 5.42. The Bertz CT molecular complexity index is 971. The fourth-order valence-electron chi connectivity index (χ4n) is 3.25. The Balaban J connectivity index is 1.49. The second-order valence-corrected chi connectivity index (χ2v) is 7.14. The summed E-state index contributed by atoms with van der Waals surface area (Å²) in [6.45, 7) is 2.13. The van der Waals surface area contributed by atoms with Crippen LogP contribution >= 0.6 is 12.2 Å². The zero-order valence-electron chi connectivity index (χ0n) is 14.3. The lowest BCUT2D eigenvalue weighted by atomic mass is 9.98. The first-order valence-electron chi connectivity index (χ1n) is 8.61. The van der Waals surface area contributed by atoms with E-state index in [0.717, 1.165) is 30.0 Å². The number of nitrogens with one attached hydrogen (secondary N) is 1. The zero-order chi connectivity index (χ0) is 17.2. The van der Waals surface area contributed by atoms with Gasteiger partial charge >= 0.3 is 0 Å². The van der Waals surface area contributed by atoms with Crippen molar-refractivity contribution in [3.63, 3.8) is 0 Å². The van der Waals surface area contributed by atoms with Gasteiger partial charge in [-0.1, -0.05) is 72.4 Å². The third-order valence-corrected chi connectivity index (χ3v) is 4.92. The normalized spacial score (nSPS) is 13.8. The molecular weight excluding hydrogens is 324 g/mol. The Morgan fingerprint density at radius 2 is 1.60 bits per heavy atom. The van der Waals surface area contributed by atoms with E-state index in [1.165, 1.54) is 33.0 Å². The maximum absolute atomic E-state index is 5.11. The summed E-state index contributed by atoms with van der Waals surface area (Å²) in [7, 11) is 0. The maximum Gasteiger partial charge on any atom is 0.102 e. The number of thiocarbonyl (C=S) groups is 1. The molecule has 0 aromatic heterocycles. The molecule has 124 valence electrons. The van der Waals surface area contributed by atoms with Crippen LogP contribution in [0, 0.1) is 6.92 Å². The standard InChI is InChI=1S/C22H20N2S/c1-15-2-6-20-13-19(10-9-18(20)12-15)17-7-3-16(4-8-17)5-11-21-14-22(25)24-23-21/h2-4,6-10,12-13H,5,11,14H2,1H3,(H,24,25). The SMILES string of the molecule is Cc1ccc2cc(-c3ccc(CCC4=NNC(=S)C4)cc3)ccc2c1. The molecule has 0 spiro atoms. The molecule has 0 amide bonds. The number of hydrazone groups is 1. The minimum Gasteiger partial charge on any atom is -0.271 e. The Hall–Kier alpha value is -2.52. The molecule has 1 N–H and O–H groups in total. The molecule has 3 aromatic rings. The maximum atomic E-state index is 5.11. The highest BCUT2D eigenvalue weighted by molar-refractivity contribution is 7.80. The molecule has 0 radical (unpaired) electrons. The molecule has 0 fully saturated rings. The first kappa shape index (κ1) is 16.0. The zero-order valence-corrected chi connectivity index (χ0v) is 15.1. The van der Waals surface area contributed by atoms with Crippen LogP contribution in [0.5, 0.6) is 0 Å². The highest BCUT2D eigenvalue weighted by atomic mass is 32.1. The van der Waals surface area contributed by atoms with Crippen molar-refractivity contribution >= 4 is 33.7 Å². The van der Waals surface area contributed by atoms with Crippen LogP contribution in [0.2, 0.25) is 0 Å². The van der Waals surface area contributed by atoms with E-state index >= 15 is 0 Å². The van der Waals surface area contributed by atoms with Gasteiger partial charge in [0.15, 0.2) is 0 Å². The minimum atomic E-state index is 0.810. The first-order chi connectivity index (χ1) is 12.2. The predicted molar refractivity (Wildman–Crippen MR) is 110 cm³/mol. The van der Waals surface area contributed by atoms with E-state index in [1.54, 1.807) is 0 Å². The molecule has 4 rings (SSSR count). The summed E-state index contributed by atoms with van der Waals surface area (Å²) in [6.07, 6.45) is 2.77. The number of rotatable bonds is 4. The van der Waals surface area contributed by atoms with Gasteiger partial charge in [0, 0.05) is 12.1 Å². The number of hydrogen-bond donors (Lipinski definition) is 1. The number of fused-ring (bicyclic) bond motifs is 1. The van der Waals surface area contributed by atoms with Crippen LogP contribution in [0.15, 0.2) is 65.8 Å². The Labute approximate surface area is 153 Å². The van der Waals surface area contributed by atoms with Crippen molar-refractivity contribution in [3.05, 3.63) is 71.8 Å². The highest BCUT2D eigenvalue weighted by Gasteiger charge is 2.10. The lowest BCUT2D eigenvalue weighted by Gasteiger charge is -2.07. The van der Waals surface area contributed by atoms with Crippen LogP contribution in [-0.2, 0) is 6.42 Å². The second-order valence-electron chi connectivity index (χ2n) is 6.65. The second kappa shape index (κ2) is 6.77. The van der Waals surface area contributed by atoms with Crippen molar-refractivity contribution in [1.29, 1.82) is 0 Å². The molecule has 0 aliphatic carbocycles. The van der Waals surface area contributed by atoms with Crippen LogP contribution < -0.4 is 5.43 Å². The minimum absolute atomic E-state index is 0.810.